The average Bonchev–Trinajstić information content (AvgIpc) is 3.12. The smallest absolute Gasteiger partial charge is 0.457 e. The molecule has 8 nitrogen and oxygen atoms in total. The topological polar surface area (TPSA) is 91.3 Å². The number of phosphoric acid groups is 1. The highest BCUT2D eigenvalue weighted by atomic mass is 31.2. The number of carbonyl (C=O) groups excluding carboxylic acids is 1. The van der Waals surface area contributed by atoms with Crippen LogP contribution < -0.4 is 0 Å². The van der Waals surface area contributed by atoms with Gasteiger partial charge in [-0.05, 0) is 57.8 Å². The number of carbonyl (C=O) groups is 1. The summed E-state index contributed by atoms with van der Waals surface area (Å²) < 4.78 is 34.8. The van der Waals surface area contributed by atoms with Crippen LogP contribution in [0.2, 0.25) is 0 Å². The highest BCUT2D eigenvalue weighted by molar-refractivity contribution is 7.47. The Bertz CT molecular complexity index is 1050. The minimum Gasteiger partial charge on any atom is -0.457 e. The molecule has 0 fully saturated rings. The molecule has 2 unspecified atom stereocenters. The van der Waals surface area contributed by atoms with E-state index in [0.29, 0.717) is 24.1 Å². The molecule has 314 valence electrons. The van der Waals surface area contributed by atoms with E-state index in [1.807, 2.05) is 21.1 Å². The first-order chi connectivity index (χ1) is 26.1. The van der Waals surface area contributed by atoms with Crippen LogP contribution in [0, 0.1) is 0 Å². The van der Waals surface area contributed by atoms with Gasteiger partial charge in [-0.3, -0.25) is 13.8 Å². The van der Waals surface area contributed by atoms with Gasteiger partial charge in [0, 0.05) is 13.0 Å². The zero-order chi connectivity index (χ0) is 39.9. The van der Waals surface area contributed by atoms with Gasteiger partial charge in [0.05, 0.1) is 34.4 Å². The molecular weight excluding hydrogens is 697 g/mol. The van der Waals surface area contributed by atoms with Crippen molar-refractivity contribution in [3.63, 3.8) is 0 Å². The molecule has 0 saturated heterocycles. The summed E-state index contributed by atoms with van der Waals surface area (Å²) in [5, 5.41) is 0. The minimum atomic E-state index is -4.26. The van der Waals surface area contributed by atoms with E-state index >= 15 is 0 Å². The lowest BCUT2D eigenvalue weighted by Crippen LogP contribution is -2.37. The van der Waals surface area contributed by atoms with Crippen molar-refractivity contribution in [1.29, 1.82) is 0 Å². The average molecular weight is 781 g/mol. The maximum atomic E-state index is 12.5. The zero-order valence-electron chi connectivity index (χ0n) is 35.4. The number of hydrogen-bond donors (Lipinski definition) is 1. The number of esters is 1. The van der Waals surface area contributed by atoms with Gasteiger partial charge in [0.1, 0.15) is 19.3 Å². The summed E-state index contributed by atoms with van der Waals surface area (Å²) in [6.07, 6.45) is 47.2. The Hall–Kier alpha value is -1.80. The monoisotopic (exact) mass is 781 g/mol. The molecule has 1 N–H and O–H groups in total. The Labute approximate surface area is 332 Å². The van der Waals surface area contributed by atoms with Crippen LogP contribution in [0.15, 0.2) is 60.8 Å². The molecule has 0 radical (unpaired) electrons. The normalized spacial score (nSPS) is 14.4. The van der Waals surface area contributed by atoms with Crippen molar-refractivity contribution in [2.75, 3.05) is 54.1 Å². The number of unbranched alkanes of at least 4 members (excludes halogenated alkanes) is 15. The molecular formula is C45H83NO7P+. The van der Waals surface area contributed by atoms with Crippen molar-refractivity contribution in [2.45, 2.75) is 168 Å². The molecule has 0 aromatic rings. The third-order valence-electron chi connectivity index (χ3n) is 8.84. The van der Waals surface area contributed by atoms with E-state index in [1.165, 1.54) is 77.0 Å². The SMILES string of the molecule is CC/C=C\C/C=C\C/C=C\C/C=C\C/C=C\CCCCCCCCCCCCOCC(COP(=O)(O)OCC[N+](C)(C)C)OC(=O)CCCCCCCC. The van der Waals surface area contributed by atoms with Crippen LogP contribution in [0.3, 0.4) is 0 Å². The highest BCUT2D eigenvalue weighted by Gasteiger charge is 2.26. The first-order valence-corrected chi connectivity index (χ1v) is 23.0. The Morgan fingerprint density at radius 1 is 0.593 bits per heavy atom. The van der Waals surface area contributed by atoms with Gasteiger partial charge in [-0.1, -0.05) is 158 Å². The van der Waals surface area contributed by atoms with Gasteiger partial charge >= 0.3 is 13.8 Å². The van der Waals surface area contributed by atoms with Crippen LogP contribution in [0.25, 0.3) is 0 Å². The quantitative estimate of drug-likeness (QED) is 0.0218. The standard InChI is InChI=1S/C45H82NO7P/c1-6-8-10-12-14-15-16-17-18-19-20-21-22-23-24-25-26-27-28-29-30-31-32-33-35-37-40-50-42-44(53-45(47)38-36-34-13-11-9-7-2)43-52-54(48,49)51-41-39-46(3,4)5/h8,10,14-15,17-18,20-21,23-24,44H,6-7,9,11-13,16,19,22,25-43H2,1-5H3/p+1/b10-8-,15-14-,18-17-,21-20-,24-23-. The van der Waals surface area contributed by atoms with Crippen molar-refractivity contribution in [3.05, 3.63) is 60.8 Å². The van der Waals surface area contributed by atoms with Crippen LogP contribution in [0.1, 0.15) is 162 Å². The predicted octanol–water partition coefficient (Wildman–Crippen LogP) is 12.5. The number of ether oxygens (including phenoxy) is 2. The van der Waals surface area contributed by atoms with Crippen LogP contribution in [-0.4, -0.2) is 75.6 Å². The van der Waals surface area contributed by atoms with E-state index in [-0.39, 0.29) is 25.8 Å². The van der Waals surface area contributed by atoms with Crippen molar-refractivity contribution >= 4 is 13.8 Å². The van der Waals surface area contributed by atoms with E-state index in [0.717, 1.165) is 64.2 Å². The van der Waals surface area contributed by atoms with E-state index in [1.54, 1.807) is 0 Å². The Morgan fingerprint density at radius 2 is 1.07 bits per heavy atom. The molecule has 0 bridgehead atoms. The Balaban J connectivity index is 3.99. The van der Waals surface area contributed by atoms with Crippen molar-refractivity contribution < 1.29 is 37.3 Å². The number of quaternary nitrogens is 1. The van der Waals surface area contributed by atoms with Crippen molar-refractivity contribution in [3.8, 4) is 0 Å². The summed E-state index contributed by atoms with van der Waals surface area (Å²) in [6, 6.07) is 0. The maximum Gasteiger partial charge on any atom is 0.472 e. The summed E-state index contributed by atoms with van der Waals surface area (Å²) >= 11 is 0. The van der Waals surface area contributed by atoms with Crippen LogP contribution >= 0.6 is 7.82 Å². The number of rotatable bonds is 39. The zero-order valence-corrected chi connectivity index (χ0v) is 36.3. The van der Waals surface area contributed by atoms with E-state index < -0.39 is 13.9 Å². The molecule has 0 spiro atoms. The summed E-state index contributed by atoms with van der Waals surface area (Å²) in [7, 11) is 1.66. The van der Waals surface area contributed by atoms with Gasteiger partial charge < -0.3 is 18.9 Å². The fourth-order valence-corrected chi connectivity index (χ4v) is 6.26. The molecule has 0 saturated carbocycles. The summed E-state index contributed by atoms with van der Waals surface area (Å²) in [5.41, 5.74) is 0. The molecule has 0 aromatic carbocycles. The molecule has 2 atom stereocenters. The molecule has 0 aliphatic rings. The fourth-order valence-electron chi connectivity index (χ4n) is 5.52. The Morgan fingerprint density at radius 3 is 1.61 bits per heavy atom. The molecule has 54 heavy (non-hydrogen) atoms. The fraction of sp³-hybridized carbons (Fsp3) is 0.756. The van der Waals surface area contributed by atoms with Crippen LogP contribution in [0.5, 0.6) is 0 Å². The highest BCUT2D eigenvalue weighted by Crippen LogP contribution is 2.43. The lowest BCUT2D eigenvalue weighted by molar-refractivity contribution is -0.870. The van der Waals surface area contributed by atoms with Crippen LogP contribution in [0.4, 0.5) is 0 Å². The number of nitrogens with zero attached hydrogens (tertiary/aromatic N) is 1. The van der Waals surface area contributed by atoms with Gasteiger partial charge in [-0.2, -0.15) is 0 Å². The number of phosphoric ester groups is 1. The number of likely N-dealkylation sites (N-methyl/N-ethyl adjacent to an activating group) is 1. The number of allylic oxidation sites excluding steroid dienone is 10. The third kappa shape index (κ3) is 41.4. The second-order valence-electron chi connectivity index (χ2n) is 15.3. The van der Waals surface area contributed by atoms with E-state index in [9.17, 15) is 14.3 Å². The van der Waals surface area contributed by atoms with E-state index in [2.05, 4.69) is 74.6 Å². The third-order valence-corrected chi connectivity index (χ3v) is 9.83. The number of hydrogen-bond acceptors (Lipinski definition) is 6. The second-order valence-corrected chi connectivity index (χ2v) is 16.8. The largest absolute Gasteiger partial charge is 0.472 e. The predicted molar refractivity (Wildman–Crippen MR) is 229 cm³/mol. The maximum absolute atomic E-state index is 12.5. The molecule has 0 rings (SSSR count). The molecule has 9 heteroatoms. The van der Waals surface area contributed by atoms with Crippen molar-refractivity contribution in [2.24, 2.45) is 0 Å². The van der Waals surface area contributed by atoms with Gasteiger partial charge in [0.2, 0.25) is 0 Å². The first kappa shape index (κ1) is 52.2. The lowest BCUT2D eigenvalue weighted by Gasteiger charge is -2.24. The van der Waals surface area contributed by atoms with Crippen LogP contribution in [-0.2, 0) is 27.9 Å². The Kier molecular flexibility index (Phi) is 36.8. The minimum absolute atomic E-state index is 0.0860. The summed E-state index contributed by atoms with van der Waals surface area (Å²) in [4.78, 5) is 22.6. The van der Waals surface area contributed by atoms with Gasteiger partial charge in [0.15, 0.2) is 0 Å². The molecule has 0 heterocycles. The second kappa shape index (κ2) is 38.1. The molecule has 0 amide bonds. The summed E-state index contributed by atoms with van der Waals surface area (Å²) in [5.74, 6) is -0.327. The van der Waals surface area contributed by atoms with E-state index in [4.69, 9.17) is 18.5 Å². The molecule has 0 aromatic heterocycles. The van der Waals surface area contributed by atoms with Gasteiger partial charge in [0.25, 0.3) is 0 Å². The molecule has 0 aliphatic carbocycles. The molecule has 0 aliphatic heterocycles. The van der Waals surface area contributed by atoms with Crippen molar-refractivity contribution in [1.82, 2.24) is 0 Å². The van der Waals surface area contributed by atoms with Gasteiger partial charge in [-0.15, -0.1) is 0 Å². The van der Waals surface area contributed by atoms with Gasteiger partial charge in [-0.25, -0.2) is 4.57 Å². The lowest BCUT2D eigenvalue weighted by atomic mass is 10.1. The first-order valence-electron chi connectivity index (χ1n) is 21.5. The summed E-state index contributed by atoms with van der Waals surface area (Å²) in [6.45, 7) is 5.42.